The predicted molar refractivity (Wildman–Crippen MR) is 59.7 cm³/mol. The highest BCUT2D eigenvalue weighted by Crippen LogP contribution is 2.18. The minimum absolute atomic E-state index is 0.0579. The van der Waals surface area contributed by atoms with E-state index in [9.17, 15) is 9.59 Å². The van der Waals surface area contributed by atoms with E-state index < -0.39 is 0 Å². The van der Waals surface area contributed by atoms with Gasteiger partial charge in [-0.15, -0.1) is 0 Å². The lowest BCUT2D eigenvalue weighted by Gasteiger charge is -2.20. The Morgan fingerprint density at radius 2 is 2.00 bits per heavy atom. The first kappa shape index (κ1) is 10.9. The van der Waals surface area contributed by atoms with Crippen molar-refractivity contribution in [2.45, 2.75) is 24.1 Å². The second-order valence-electron chi connectivity index (χ2n) is 4.10. The molecule has 2 amide bonds. The molecule has 5 heteroatoms. The summed E-state index contributed by atoms with van der Waals surface area (Å²) in [5, 5.41) is 0. The number of rotatable bonds is 2. The second kappa shape index (κ2) is 4.51. The van der Waals surface area contributed by atoms with Crippen LogP contribution in [0.4, 0.5) is 0 Å². The van der Waals surface area contributed by atoms with Crippen molar-refractivity contribution in [3.63, 3.8) is 0 Å². The van der Waals surface area contributed by atoms with Crippen LogP contribution < -0.4 is 0 Å². The van der Waals surface area contributed by atoms with Crippen molar-refractivity contribution in [3.05, 3.63) is 0 Å². The lowest BCUT2D eigenvalue weighted by molar-refractivity contribution is -0.137. The van der Waals surface area contributed by atoms with Crippen LogP contribution >= 0.6 is 15.9 Å². The van der Waals surface area contributed by atoms with E-state index in [4.69, 9.17) is 0 Å². The number of likely N-dealkylation sites (tertiary alicyclic amines) is 2. The topological polar surface area (TPSA) is 40.6 Å². The van der Waals surface area contributed by atoms with Gasteiger partial charge >= 0.3 is 0 Å². The summed E-state index contributed by atoms with van der Waals surface area (Å²) in [4.78, 5) is 26.8. The maximum Gasteiger partial charge on any atom is 0.242 e. The third kappa shape index (κ3) is 2.33. The zero-order chi connectivity index (χ0) is 10.8. The molecule has 2 aliphatic heterocycles. The number of hydrogen-bond acceptors (Lipinski definition) is 2. The van der Waals surface area contributed by atoms with E-state index in [-0.39, 0.29) is 23.2 Å². The van der Waals surface area contributed by atoms with Crippen molar-refractivity contribution in [1.29, 1.82) is 0 Å². The van der Waals surface area contributed by atoms with E-state index in [0.29, 0.717) is 6.54 Å². The molecule has 2 rings (SSSR count). The summed E-state index contributed by atoms with van der Waals surface area (Å²) in [5.41, 5.74) is 0. The fourth-order valence-electron chi connectivity index (χ4n) is 2.09. The lowest BCUT2D eigenvalue weighted by atomic mass is 10.4. The van der Waals surface area contributed by atoms with Gasteiger partial charge in [-0.3, -0.25) is 9.59 Å². The Bertz CT molecular complexity index is 277. The summed E-state index contributed by atoms with van der Waals surface area (Å²) in [6, 6.07) is 0. The van der Waals surface area contributed by atoms with Crippen LogP contribution in [-0.2, 0) is 9.59 Å². The number of amides is 2. The molecular weight excluding hydrogens is 260 g/mol. The molecule has 0 aromatic carbocycles. The third-order valence-corrected chi connectivity index (χ3v) is 3.87. The number of nitrogens with zero attached hydrogens (tertiary/aromatic N) is 2. The standard InChI is InChI=1S/C10H15BrN2O2/c11-8-3-6-13(10(8)15)7-9(14)12-4-1-2-5-12/h8H,1-7H2. The zero-order valence-electron chi connectivity index (χ0n) is 8.62. The summed E-state index contributed by atoms with van der Waals surface area (Å²) >= 11 is 3.30. The van der Waals surface area contributed by atoms with Gasteiger partial charge in [0.2, 0.25) is 11.8 Å². The van der Waals surface area contributed by atoms with Crippen LogP contribution in [0.2, 0.25) is 0 Å². The maximum atomic E-state index is 11.8. The van der Waals surface area contributed by atoms with Gasteiger partial charge in [-0.1, -0.05) is 15.9 Å². The molecule has 2 heterocycles. The average Bonchev–Trinajstić information content (AvgIpc) is 2.83. The van der Waals surface area contributed by atoms with Crippen molar-refractivity contribution in [3.8, 4) is 0 Å². The van der Waals surface area contributed by atoms with E-state index in [0.717, 1.165) is 32.4 Å². The number of carbonyl (C=O) groups is 2. The van der Waals surface area contributed by atoms with Crippen molar-refractivity contribution in [2.75, 3.05) is 26.2 Å². The monoisotopic (exact) mass is 274 g/mol. The summed E-state index contributed by atoms with van der Waals surface area (Å²) < 4.78 is 0. The highest BCUT2D eigenvalue weighted by molar-refractivity contribution is 9.10. The molecule has 0 radical (unpaired) electrons. The molecule has 0 spiro atoms. The molecule has 0 aromatic rings. The van der Waals surface area contributed by atoms with Crippen LogP contribution in [0.3, 0.4) is 0 Å². The van der Waals surface area contributed by atoms with E-state index in [2.05, 4.69) is 15.9 Å². The SMILES string of the molecule is O=C(CN1CCC(Br)C1=O)N1CCCC1. The minimum atomic E-state index is -0.0797. The van der Waals surface area contributed by atoms with Crippen molar-refractivity contribution < 1.29 is 9.59 Å². The number of carbonyl (C=O) groups excluding carboxylic acids is 2. The molecule has 2 fully saturated rings. The van der Waals surface area contributed by atoms with Crippen LogP contribution in [0.15, 0.2) is 0 Å². The Kier molecular flexibility index (Phi) is 3.29. The van der Waals surface area contributed by atoms with Gasteiger partial charge in [-0.2, -0.15) is 0 Å². The highest BCUT2D eigenvalue weighted by Gasteiger charge is 2.31. The van der Waals surface area contributed by atoms with Gasteiger partial charge < -0.3 is 9.80 Å². The van der Waals surface area contributed by atoms with Crippen molar-refractivity contribution >= 4 is 27.7 Å². The molecular formula is C10H15BrN2O2. The van der Waals surface area contributed by atoms with Gasteiger partial charge in [0.15, 0.2) is 0 Å². The quantitative estimate of drug-likeness (QED) is 0.693. The average molecular weight is 275 g/mol. The molecule has 1 unspecified atom stereocenters. The molecule has 15 heavy (non-hydrogen) atoms. The normalized spacial score (nSPS) is 26.5. The molecule has 84 valence electrons. The number of alkyl halides is 1. The first-order chi connectivity index (χ1) is 7.18. The van der Waals surface area contributed by atoms with E-state index in [1.807, 2.05) is 4.90 Å². The highest BCUT2D eigenvalue weighted by atomic mass is 79.9. The largest absolute Gasteiger partial charge is 0.341 e. The second-order valence-corrected chi connectivity index (χ2v) is 5.21. The van der Waals surface area contributed by atoms with E-state index in [1.54, 1.807) is 4.90 Å². The van der Waals surface area contributed by atoms with Crippen LogP contribution in [0.25, 0.3) is 0 Å². The van der Waals surface area contributed by atoms with Crippen molar-refractivity contribution in [1.82, 2.24) is 9.80 Å². The third-order valence-electron chi connectivity index (χ3n) is 3.02. The van der Waals surface area contributed by atoms with Gasteiger partial charge in [0.05, 0.1) is 11.4 Å². The Morgan fingerprint density at radius 1 is 1.33 bits per heavy atom. The first-order valence-corrected chi connectivity index (χ1v) is 6.30. The molecule has 0 aliphatic carbocycles. The Hall–Kier alpha value is -0.580. The van der Waals surface area contributed by atoms with Crippen molar-refractivity contribution in [2.24, 2.45) is 0 Å². The maximum absolute atomic E-state index is 11.8. The summed E-state index contributed by atoms with van der Waals surface area (Å²) in [7, 11) is 0. The fourth-order valence-corrected chi connectivity index (χ4v) is 2.58. The van der Waals surface area contributed by atoms with Crippen LogP contribution in [0, 0.1) is 0 Å². The predicted octanol–water partition coefficient (Wildman–Crippen LogP) is 0.605. The Balaban J connectivity index is 1.86. The first-order valence-electron chi connectivity index (χ1n) is 5.39. The molecule has 0 aromatic heterocycles. The number of hydrogen-bond donors (Lipinski definition) is 0. The molecule has 1 atom stereocenters. The van der Waals surface area contributed by atoms with Gasteiger partial charge in [-0.05, 0) is 19.3 Å². The molecule has 0 bridgehead atoms. The lowest BCUT2D eigenvalue weighted by Crippen LogP contribution is -2.40. The van der Waals surface area contributed by atoms with Crippen LogP contribution in [0.1, 0.15) is 19.3 Å². The molecule has 2 saturated heterocycles. The Morgan fingerprint density at radius 3 is 2.53 bits per heavy atom. The minimum Gasteiger partial charge on any atom is -0.341 e. The van der Waals surface area contributed by atoms with E-state index in [1.165, 1.54) is 0 Å². The fraction of sp³-hybridized carbons (Fsp3) is 0.800. The molecule has 2 aliphatic rings. The van der Waals surface area contributed by atoms with Crippen LogP contribution in [0.5, 0.6) is 0 Å². The summed E-state index contributed by atoms with van der Waals surface area (Å²) in [5.74, 6) is 0.157. The Labute approximate surface area is 97.7 Å². The summed E-state index contributed by atoms with van der Waals surface area (Å²) in [6.45, 7) is 2.69. The summed E-state index contributed by atoms with van der Waals surface area (Å²) in [6.07, 6.45) is 3.01. The smallest absolute Gasteiger partial charge is 0.242 e. The zero-order valence-corrected chi connectivity index (χ0v) is 10.2. The molecule has 4 nitrogen and oxygen atoms in total. The van der Waals surface area contributed by atoms with Gasteiger partial charge in [-0.25, -0.2) is 0 Å². The van der Waals surface area contributed by atoms with Crippen LogP contribution in [-0.4, -0.2) is 52.6 Å². The van der Waals surface area contributed by atoms with E-state index >= 15 is 0 Å². The molecule has 0 N–H and O–H groups in total. The molecule has 0 saturated carbocycles. The van der Waals surface area contributed by atoms with Gasteiger partial charge in [0.25, 0.3) is 0 Å². The number of halogens is 1. The van der Waals surface area contributed by atoms with Gasteiger partial charge in [0.1, 0.15) is 0 Å². The van der Waals surface area contributed by atoms with Gasteiger partial charge in [0, 0.05) is 19.6 Å².